The molecule has 0 fully saturated rings. The third-order valence-corrected chi connectivity index (χ3v) is 5.59. The van der Waals surface area contributed by atoms with Crippen molar-refractivity contribution in [1.29, 1.82) is 0 Å². The van der Waals surface area contributed by atoms with Crippen LogP contribution in [0.5, 0.6) is 0 Å². The quantitative estimate of drug-likeness (QED) is 0.540. The van der Waals surface area contributed by atoms with Crippen LogP contribution in [0.1, 0.15) is 39.8 Å². The zero-order chi connectivity index (χ0) is 24.6. The average Bonchev–Trinajstić information content (AvgIpc) is 3.27. The van der Waals surface area contributed by atoms with Gasteiger partial charge in [0.2, 0.25) is 0 Å². The number of benzene rings is 1. The Morgan fingerprint density at radius 1 is 1.24 bits per heavy atom. The molecular weight excluding hydrogens is 458 g/mol. The molecule has 180 valence electrons. The van der Waals surface area contributed by atoms with E-state index >= 15 is 4.39 Å². The predicted molar refractivity (Wildman–Crippen MR) is 113 cm³/mol. The van der Waals surface area contributed by atoms with Gasteiger partial charge in [0.1, 0.15) is 11.6 Å². The van der Waals surface area contributed by atoms with Gasteiger partial charge in [0.25, 0.3) is 5.91 Å². The van der Waals surface area contributed by atoms with Crippen LogP contribution in [-0.2, 0) is 35.4 Å². The number of nitrogens with two attached hydrogens (primary N) is 1. The van der Waals surface area contributed by atoms with Crippen LogP contribution in [0.3, 0.4) is 0 Å². The summed E-state index contributed by atoms with van der Waals surface area (Å²) < 4.78 is 64.0. The molecule has 1 aromatic carbocycles. The van der Waals surface area contributed by atoms with Crippen LogP contribution in [0.4, 0.5) is 23.4 Å². The highest BCUT2D eigenvalue weighted by Crippen LogP contribution is 2.33. The minimum absolute atomic E-state index is 0.106. The van der Waals surface area contributed by atoms with E-state index in [9.17, 15) is 18.0 Å². The van der Waals surface area contributed by atoms with Gasteiger partial charge in [-0.25, -0.2) is 9.37 Å². The first-order valence-corrected chi connectivity index (χ1v) is 10.3. The summed E-state index contributed by atoms with van der Waals surface area (Å²) in [6.45, 7) is 2.10. The minimum atomic E-state index is -4.64. The number of methoxy groups -OCH3 is 1. The predicted octanol–water partition coefficient (Wildman–Crippen LogP) is 3.47. The number of nitrogens with zero attached hydrogens (tertiary/aromatic N) is 4. The molecular formula is C22H21F4N5O3. The van der Waals surface area contributed by atoms with E-state index in [0.29, 0.717) is 16.5 Å². The zero-order valence-electron chi connectivity index (χ0n) is 18.3. The summed E-state index contributed by atoms with van der Waals surface area (Å²) in [7, 11) is 1.44. The van der Waals surface area contributed by atoms with E-state index in [0.717, 1.165) is 23.8 Å². The Kier molecular flexibility index (Phi) is 6.36. The van der Waals surface area contributed by atoms with Crippen LogP contribution in [0.15, 0.2) is 24.3 Å². The first-order valence-electron chi connectivity index (χ1n) is 10.3. The molecule has 3 aromatic rings. The van der Waals surface area contributed by atoms with Gasteiger partial charge in [0.05, 0.1) is 49.2 Å². The van der Waals surface area contributed by atoms with E-state index < -0.39 is 29.6 Å². The van der Waals surface area contributed by atoms with Crippen LogP contribution in [0, 0.1) is 5.82 Å². The van der Waals surface area contributed by atoms with Crippen molar-refractivity contribution in [3.63, 3.8) is 0 Å². The Labute approximate surface area is 191 Å². The largest absolute Gasteiger partial charge is 0.435 e. The molecule has 0 bridgehead atoms. The molecule has 0 saturated carbocycles. The van der Waals surface area contributed by atoms with Crippen LogP contribution < -0.4 is 5.73 Å². The van der Waals surface area contributed by atoms with Crippen molar-refractivity contribution in [1.82, 2.24) is 20.1 Å². The zero-order valence-corrected chi connectivity index (χ0v) is 18.3. The standard InChI is InChI=1S/C22H21F4N5O3/c1-11(8-33-2)31(7-12-3-4-19(30-29-12)22(24,25)26)21(32)14-5-13-15-9-34-10-16(15)20(27)28-18(13)6-17(14)23/h3-6,11H,7-10H2,1-2H3,(H2,27,28)/t11-/m1/s1. The molecule has 0 spiro atoms. The summed E-state index contributed by atoms with van der Waals surface area (Å²) in [6, 6.07) is 3.90. The highest BCUT2D eigenvalue weighted by molar-refractivity contribution is 5.99. The van der Waals surface area contributed by atoms with E-state index in [1.807, 2.05) is 0 Å². The lowest BCUT2D eigenvalue weighted by molar-refractivity contribution is -0.141. The Morgan fingerprint density at radius 2 is 1.97 bits per heavy atom. The number of carbonyl (C=O) groups excluding carboxylic acids is 1. The fourth-order valence-electron chi connectivity index (χ4n) is 3.84. The number of anilines is 1. The van der Waals surface area contributed by atoms with Gasteiger partial charge >= 0.3 is 6.18 Å². The van der Waals surface area contributed by atoms with Gasteiger partial charge in [-0.1, -0.05) is 0 Å². The Bertz CT molecular complexity index is 1230. The Hall–Kier alpha value is -3.38. The molecule has 2 aromatic heterocycles. The number of pyridine rings is 1. The number of fused-ring (bicyclic) bond motifs is 3. The summed E-state index contributed by atoms with van der Waals surface area (Å²) in [5.74, 6) is -1.25. The fourth-order valence-corrected chi connectivity index (χ4v) is 3.84. The minimum Gasteiger partial charge on any atom is -0.383 e. The molecule has 34 heavy (non-hydrogen) atoms. The molecule has 0 saturated heterocycles. The van der Waals surface area contributed by atoms with E-state index in [2.05, 4.69) is 15.2 Å². The number of ether oxygens (including phenoxy) is 2. The molecule has 2 N–H and O–H groups in total. The Balaban J connectivity index is 1.71. The lowest BCUT2D eigenvalue weighted by Gasteiger charge is -2.29. The Morgan fingerprint density at radius 3 is 2.62 bits per heavy atom. The second kappa shape index (κ2) is 9.11. The van der Waals surface area contributed by atoms with E-state index in [-0.39, 0.29) is 43.4 Å². The second-order valence-electron chi connectivity index (χ2n) is 7.94. The maximum atomic E-state index is 15.0. The molecule has 4 rings (SSSR count). The lowest BCUT2D eigenvalue weighted by Crippen LogP contribution is -2.41. The maximum absolute atomic E-state index is 15.0. The molecule has 1 aliphatic rings. The highest BCUT2D eigenvalue weighted by atomic mass is 19.4. The SMILES string of the molecule is COC[C@@H](C)N(Cc1ccc(C(F)(F)F)nn1)C(=O)c1cc2c3c(c(N)nc2cc1F)COC3. The average molecular weight is 479 g/mol. The number of hydrogen-bond donors (Lipinski definition) is 1. The summed E-state index contributed by atoms with van der Waals surface area (Å²) in [4.78, 5) is 18.9. The van der Waals surface area contributed by atoms with Crippen molar-refractivity contribution >= 4 is 22.6 Å². The smallest absolute Gasteiger partial charge is 0.383 e. The summed E-state index contributed by atoms with van der Waals surface area (Å²) in [6.07, 6.45) is -4.64. The van der Waals surface area contributed by atoms with Gasteiger partial charge in [-0.05, 0) is 30.7 Å². The van der Waals surface area contributed by atoms with Crippen molar-refractivity contribution in [3.05, 3.63) is 58.2 Å². The van der Waals surface area contributed by atoms with Crippen LogP contribution >= 0.6 is 0 Å². The van der Waals surface area contributed by atoms with Crippen molar-refractivity contribution in [2.24, 2.45) is 0 Å². The summed E-state index contributed by atoms with van der Waals surface area (Å²) >= 11 is 0. The first-order chi connectivity index (χ1) is 16.1. The molecule has 8 nitrogen and oxygen atoms in total. The first kappa shape index (κ1) is 23.8. The molecule has 3 heterocycles. The lowest BCUT2D eigenvalue weighted by atomic mass is 10.0. The number of aromatic nitrogens is 3. The van der Waals surface area contributed by atoms with Crippen LogP contribution in [0.2, 0.25) is 0 Å². The number of carbonyl (C=O) groups is 1. The third-order valence-electron chi connectivity index (χ3n) is 5.59. The van der Waals surface area contributed by atoms with Gasteiger partial charge in [0, 0.05) is 24.1 Å². The van der Waals surface area contributed by atoms with Crippen LogP contribution in [0.25, 0.3) is 10.9 Å². The van der Waals surface area contributed by atoms with Crippen molar-refractivity contribution in [2.45, 2.75) is 38.9 Å². The molecule has 1 atom stereocenters. The van der Waals surface area contributed by atoms with Gasteiger partial charge in [-0.3, -0.25) is 4.79 Å². The third kappa shape index (κ3) is 4.50. The van der Waals surface area contributed by atoms with Crippen LogP contribution in [-0.4, -0.2) is 45.7 Å². The maximum Gasteiger partial charge on any atom is 0.435 e. The molecule has 0 aliphatic carbocycles. The number of hydrogen-bond acceptors (Lipinski definition) is 7. The fraction of sp³-hybridized carbons (Fsp3) is 0.364. The van der Waals surface area contributed by atoms with Gasteiger partial charge in [-0.2, -0.15) is 18.3 Å². The number of halogens is 4. The molecule has 12 heteroatoms. The normalized spacial score (nSPS) is 14.3. The molecule has 0 unspecified atom stereocenters. The monoisotopic (exact) mass is 479 g/mol. The molecule has 1 amide bonds. The van der Waals surface area contributed by atoms with E-state index in [1.165, 1.54) is 18.1 Å². The summed E-state index contributed by atoms with van der Waals surface area (Å²) in [5, 5.41) is 7.33. The van der Waals surface area contributed by atoms with Gasteiger partial charge < -0.3 is 20.1 Å². The van der Waals surface area contributed by atoms with E-state index in [4.69, 9.17) is 15.2 Å². The molecule has 0 radical (unpaired) electrons. The van der Waals surface area contributed by atoms with Gasteiger partial charge in [-0.15, -0.1) is 5.10 Å². The van der Waals surface area contributed by atoms with E-state index in [1.54, 1.807) is 6.92 Å². The molecule has 1 aliphatic heterocycles. The topological polar surface area (TPSA) is 103 Å². The number of rotatable bonds is 6. The van der Waals surface area contributed by atoms with Crippen molar-refractivity contribution in [2.75, 3.05) is 19.5 Å². The number of nitrogen functional groups attached to an aromatic ring is 1. The highest BCUT2D eigenvalue weighted by Gasteiger charge is 2.33. The van der Waals surface area contributed by atoms with Crippen molar-refractivity contribution in [3.8, 4) is 0 Å². The number of alkyl halides is 3. The summed E-state index contributed by atoms with van der Waals surface area (Å²) in [5.41, 5.74) is 6.40. The number of amides is 1. The van der Waals surface area contributed by atoms with Crippen molar-refractivity contribution < 1.29 is 31.8 Å². The second-order valence-corrected chi connectivity index (χ2v) is 7.94. The van der Waals surface area contributed by atoms with Gasteiger partial charge in [0.15, 0.2) is 5.69 Å².